The molecule has 0 saturated carbocycles. The minimum atomic E-state index is 0.0399. The Balaban J connectivity index is 0.000000567. The van der Waals surface area contributed by atoms with Crippen molar-refractivity contribution in [3.63, 3.8) is 0 Å². The van der Waals surface area contributed by atoms with Crippen LogP contribution in [-0.4, -0.2) is 24.8 Å². The third-order valence-corrected chi connectivity index (χ3v) is 4.77. The van der Waals surface area contributed by atoms with Crippen LogP contribution in [0.1, 0.15) is 107 Å². The Morgan fingerprint density at radius 1 is 0.821 bits per heavy atom. The average Bonchev–Trinajstić information content (AvgIpc) is 2.72. The third kappa shape index (κ3) is 15.2. The van der Waals surface area contributed by atoms with E-state index >= 15 is 0 Å². The molecule has 1 aromatic carbocycles. The molecule has 0 aliphatic heterocycles. The van der Waals surface area contributed by atoms with Gasteiger partial charge in [0, 0.05) is 12.0 Å². The maximum atomic E-state index is 10.2. The van der Waals surface area contributed by atoms with Gasteiger partial charge < -0.3 is 14.6 Å². The fraction of sp³-hybridized carbons (Fsp3) is 0.667. The Morgan fingerprint density at radius 3 is 1.75 bits per heavy atom. The molecule has 0 aliphatic rings. The molecule has 0 atom stereocenters. The van der Waals surface area contributed by atoms with Gasteiger partial charge in [0.25, 0.3) is 0 Å². The topological polar surface area (TPSA) is 63.6 Å². The molecule has 1 N–H and O–H groups in total. The lowest BCUT2D eigenvalue weighted by atomic mass is 10.0. The summed E-state index contributed by atoms with van der Waals surface area (Å²) in [6.07, 6.45) is 20.3. The summed E-state index contributed by atoms with van der Waals surface area (Å²) in [5, 5.41) is 9.09. The highest BCUT2D eigenvalue weighted by Crippen LogP contribution is 2.25. The number of methoxy groups -OCH3 is 1. The van der Waals surface area contributed by atoms with E-state index in [0.717, 1.165) is 19.1 Å². The van der Waals surface area contributed by atoms with Gasteiger partial charge in [-0.1, -0.05) is 84.0 Å². The van der Waals surface area contributed by atoms with Gasteiger partial charge in [-0.2, -0.15) is 0 Å². The fourth-order valence-electron chi connectivity index (χ4n) is 3.01. The van der Waals surface area contributed by atoms with Crippen molar-refractivity contribution in [2.24, 2.45) is 0 Å². The highest BCUT2D eigenvalue weighted by Gasteiger charge is 2.00. The van der Waals surface area contributed by atoms with Crippen LogP contribution in [0.3, 0.4) is 0 Å². The van der Waals surface area contributed by atoms with Crippen LogP contribution in [0, 0.1) is 0 Å². The van der Waals surface area contributed by atoms with Crippen LogP contribution in [0.15, 0.2) is 18.2 Å². The Labute approximate surface area is 171 Å². The molecule has 1 aromatic rings. The zero-order chi connectivity index (χ0) is 20.9. The summed E-state index contributed by atoms with van der Waals surface area (Å²) in [4.78, 5) is 20.4. The lowest BCUT2D eigenvalue weighted by Gasteiger charge is -2.02. The molecule has 0 spiro atoms. The molecule has 0 aromatic heterocycles. The van der Waals surface area contributed by atoms with Crippen LogP contribution in [0.4, 0.5) is 0 Å². The van der Waals surface area contributed by atoms with Crippen LogP contribution in [0.25, 0.3) is 0 Å². The van der Waals surface area contributed by atoms with E-state index in [1.807, 2.05) is 0 Å². The molecule has 0 amide bonds. The van der Waals surface area contributed by atoms with Gasteiger partial charge in [0.05, 0.1) is 7.11 Å². The van der Waals surface area contributed by atoms with E-state index in [4.69, 9.17) is 9.84 Å². The number of carbonyl (C=O) groups excluding carboxylic acids is 2. The average molecular weight is 393 g/mol. The first-order valence-corrected chi connectivity index (χ1v) is 10.9. The van der Waals surface area contributed by atoms with Crippen molar-refractivity contribution in [3.05, 3.63) is 23.8 Å². The summed E-state index contributed by atoms with van der Waals surface area (Å²) in [7, 11) is 1.43. The SMILES string of the molecule is CCCCCCCCCCCCCCCC=O.COc1cc(C=O)ccc1O. The van der Waals surface area contributed by atoms with Crippen molar-refractivity contribution < 1.29 is 19.4 Å². The maximum Gasteiger partial charge on any atom is 0.161 e. The number of aromatic hydroxyl groups is 1. The highest BCUT2D eigenvalue weighted by molar-refractivity contribution is 5.76. The van der Waals surface area contributed by atoms with Gasteiger partial charge in [-0.3, -0.25) is 4.79 Å². The molecule has 4 heteroatoms. The highest BCUT2D eigenvalue weighted by atomic mass is 16.5. The van der Waals surface area contributed by atoms with Gasteiger partial charge in [-0.15, -0.1) is 0 Å². The summed E-state index contributed by atoms with van der Waals surface area (Å²) in [6.45, 7) is 2.27. The van der Waals surface area contributed by atoms with Crippen LogP contribution in [0.2, 0.25) is 0 Å². The Kier molecular flexibility index (Phi) is 18.6. The van der Waals surface area contributed by atoms with Crippen LogP contribution in [0.5, 0.6) is 11.5 Å². The lowest BCUT2D eigenvalue weighted by molar-refractivity contribution is -0.107. The van der Waals surface area contributed by atoms with Gasteiger partial charge in [0.1, 0.15) is 12.6 Å². The van der Waals surface area contributed by atoms with E-state index in [1.54, 1.807) is 0 Å². The first kappa shape index (κ1) is 26.2. The number of ether oxygens (including phenoxy) is 1. The zero-order valence-corrected chi connectivity index (χ0v) is 18.0. The molecule has 1 rings (SSSR count). The number of phenols is 1. The van der Waals surface area contributed by atoms with Crippen molar-refractivity contribution in [3.8, 4) is 11.5 Å². The van der Waals surface area contributed by atoms with Gasteiger partial charge in [0.2, 0.25) is 0 Å². The van der Waals surface area contributed by atoms with Crippen LogP contribution >= 0.6 is 0 Å². The van der Waals surface area contributed by atoms with E-state index in [0.29, 0.717) is 17.6 Å². The molecule has 160 valence electrons. The molecular formula is C24H40O4. The van der Waals surface area contributed by atoms with Gasteiger partial charge >= 0.3 is 0 Å². The molecule has 0 bridgehead atoms. The van der Waals surface area contributed by atoms with Crippen molar-refractivity contribution in [1.29, 1.82) is 0 Å². The molecule has 0 saturated heterocycles. The number of carbonyl (C=O) groups is 2. The number of benzene rings is 1. The largest absolute Gasteiger partial charge is 0.504 e. The Hall–Kier alpha value is -1.84. The van der Waals surface area contributed by atoms with Crippen molar-refractivity contribution in [2.75, 3.05) is 7.11 Å². The molecule has 0 heterocycles. The molecule has 0 radical (unpaired) electrons. The van der Waals surface area contributed by atoms with E-state index in [9.17, 15) is 9.59 Å². The van der Waals surface area contributed by atoms with Gasteiger partial charge in [0.15, 0.2) is 11.5 Å². The summed E-state index contributed by atoms with van der Waals surface area (Å²) in [6, 6.07) is 4.41. The second kappa shape index (κ2) is 19.9. The van der Waals surface area contributed by atoms with E-state index in [-0.39, 0.29) is 5.75 Å². The predicted octanol–water partition coefficient (Wildman–Crippen LogP) is 6.88. The molecular weight excluding hydrogens is 352 g/mol. The smallest absolute Gasteiger partial charge is 0.161 e. The number of phenolic OH excluding ortho intramolecular Hbond substituents is 1. The quantitative estimate of drug-likeness (QED) is 0.246. The van der Waals surface area contributed by atoms with E-state index in [2.05, 4.69) is 6.92 Å². The van der Waals surface area contributed by atoms with Crippen LogP contribution in [-0.2, 0) is 4.79 Å². The third-order valence-electron chi connectivity index (χ3n) is 4.77. The lowest BCUT2D eigenvalue weighted by Crippen LogP contribution is -1.85. The van der Waals surface area contributed by atoms with Crippen molar-refractivity contribution in [1.82, 2.24) is 0 Å². The maximum absolute atomic E-state index is 10.2. The second-order valence-corrected chi connectivity index (χ2v) is 7.25. The number of hydrogen-bond donors (Lipinski definition) is 1. The Morgan fingerprint density at radius 2 is 1.32 bits per heavy atom. The summed E-state index contributed by atoms with van der Waals surface area (Å²) < 4.78 is 4.78. The fourth-order valence-corrected chi connectivity index (χ4v) is 3.01. The number of rotatable bonds is 16. The predicted molar refractivity (Wildman–Crippen MR) is 116 cm³/mol. The number of unbranched alkanes of at least 4 members (excludes halogenated alkanes) is 13. The normalized spacial score (nSPS) is 10.1. The number of hydrogen-bond acceptors (Lipinski definition) is 4. The minimum absolute atomic E-state index is 0.0399. The molecule has 4 nitrogen and oxygen atoms in total. The van der Waals surface area contributed by atoms with E-state index in [1.165, 1.54) is 102 Å². The summed E-state index contributed by atoms with van der Waals surface area (Å²) in [5.74, 6) is 0.354. The summed E-state index contributed by atoms with van der Waals surface area (Å²) >= 11 is 0. The monoisotopic (exact) mass is 392 g/mol. The van der Waals surface area contributed by atoms with Gasteiger partial charge in [-0.25, -0.2) is 0 Å². The van der Waals surface area contributed by atoms with Crippen molar-refractivity contribution in [2.45, 2.75) is 96.8 Å². The summed E-state index contributed by atoms with van der Waals surface area (Å²) in [5.41, 5.74) is 0.486. The molecule has 28 heavy (non-hydrogen) atoms. The minimum Gasteiger partial charge on any atom is -0.504 e. The number of aldehydes is 2. The first-order valence-electron chi connectivity index (χ1n) is 10.9. The molecule has 0 fully saturated rings. The Bertz CT molecular complexity index is 499. The van der Waals surface area contributed by atoms with Crippen molar-refractivity contribution >= 4 is 12.6 Å². The van der Waals surface area contributed by atoms with Gasteiger partial charge in [-0.05, 0) is 24.6 Å². The van der Waals surface area contributed by atoms with E-state index < -0.39 is 0 Å². The standard InChI is InChI=1S/C16H32O.C8H8O3/c1-2-3-4-5-6-7-8-9-10-11-12-13-14-15-16-17;1-11-8-4-6(5-9)2-3-7(8)10/h16H,2-15H2,1H3;2-5,10H,1H3. The van der Waals surface area contributed by atoms with Crippen LogP contribution < -0.4 is 4.74 Å². The molecule has 0 aliphatic carbocycles. The second-order valence-electron chi connectivity index (χ2n) is 7.25. The molecule has 0 unspecified atom stereocenters. The zero-order valence-electron chi connectivity index (χ0n) is 18.0. The first-order chi connectivity index (χ1) is 13.7.